The Bertz CT molecular complexity index is 686. The average molecular weight is 349 g/mol. The molecule has 0 bridgehead atoms. The summed E-state index contributed by atoms with van der Waals surface area (Å²) >= 11 is 0. The minimum absolute atomic E-state index is 0.145. The highest BCUT2D eigenvalue weighted by atomic mass is 32.2. The van der Waals surface area contributed by atoms with Gasteiger partial charge in [-0.15, -0.1) is 0 Å². The Balaban J connectivity index is 1.44. The summed E-state index contributed by atoms with van der Waals surface area (Å²) in [6.45, 7) is 1.22. The number of para-hydroxylation sites is 1. The number of nitrogens with zero attached hydrogens (tertiary/aromatic N) is 1. The molecule has 4 rings (SSSR count). The summed E-state index contributed by atoms with van der Waals surface area (Å²) in [5.41, 5.74) is 1.12. The summed E-state index contributed by atoms with van der Waals surface area (Å²) < 4.78 is 33.9. The molecule has 1 aromatic rings. The predicted octanol–water partition coefficient (Wildman–Crippen LogP) is 3.51. The predicted molar refractivity (Wildman–Crippen MR) is 94.7 cm³/mol. The molecule has 2 heterocycles. The van der Waals surface area contributed by atoms with E-state index in [4.69, 9.17) is 4.74 Å². The molecule has 3 aliphatic rings. The van der Waals surface area contributed by atoms with Crippen molar-refractivity contribution < 1.29 is 13.2 Å². The second-order valence-corrected chi connectivity index (χ2v) is 9.81. The Morgan fingerprint density at radius 1 is 1.00 bits per heavy atom. The summed E-state index contributed by atoms with van der Waals surface area (Å²) in [5.74, 6) is 0.993. The van der Waals surface area contributed by atoms with Gasteiger partial charge in [0.15, 0.2) is 0 Å². The van der Waals surface area contributed by atoms with Crippen LogP contribution in [-0.4, -0.2) is 36.7 Å². The van der Waals surface area contributed by atoms with E-state index in [9.17, 15) is 8.42 Å². The molecular formula is C19H27NO3S. The molecule has 0 N–H and O–H groups in total. The molecule has 1 saturated carbocycles. The first kappa shape index (κ1) is 16.4. The maximum Gasteiger partial charge on any atom is 0.216 e. The molecule has 1 aliphatic carbocycles. The van der Waals surface area contributed by atoms with E-state index in [2.05, 4.69) is 12.1 Å². The molecule has 4 nitrogen and oxygen atoms in total. The molecule has 1 saturated heterocycles. The van der Waals surface area contributed by atoms with Crippen LogP contribution in [0.25, 0.3) is 0 Å². The van der Waals surface area contributed by atoms with Gasteiger partial charge in [0.25, 0.3) is 0 Å². The Labute approximate surface area is 145 Å². The molecule has 0 atom stereocenters. The molecule has 1 spiro atoms. The van der Waals surface area contributed by atoms with Crippen LogP contribution in [0, 0.1) is 0 Å². The number of aryl methyl sites for hydroxylation is 1. The lowest BCUT2D eigenvalue weighted by atomic mass is 9.84. The Hall–Kier alpha value is -1.07. The summed E-state index contributed by atoms with van der Waals surface area (Å²) in [5, 5.41) is -0.145. The van der Waals surface area contributed by atoms with Crippen molar-refractivity contribution >= 4 is 10.0 Å². The van der Waals surface area contributed by atoms with Crippen LogP contribution < -0.4 is 4.74 Å². The normalized spacial score (nSPS) is 25.2. The molecular weight excluding hydrogens is 322 g/mol. The van der Waals surface area contributed by atoms with Crippen LogP contribution >= 0.6 is 0 Å². The van der Waals surface area contributed by atoms with Crippen molar-refractivity contribution in [3.8, 4) is 5.75 Å². The van der Waals surface area contributed by atoms with Gasteiger partial charge in [0.1, 0.15) is 11.4 Å². The maximum absolute atomic E-state index is 12.9. The minimum Gasteiger partial charge on any atom is -0.487 e. The van der Waals surface area contributed by atoms with E-state index < -0.39 is 10.0 Å². The van der Waals surface area contributed by atoms with Crippen LogP contribution in [0.4, 0.5) is 0 Å². The van der Waals surface area contributed by atoms with Crippen LogP contribution in [0.3, 0.4) is 0 Å². The highest BCUT2D eigenvalue weighted by Crippen LogP contribution is 2.40. The van der Waals surface area contributed by atoms with Crippen LogP contribution in [0.5, 0.6) is 5.75 Å². The molecule has 24 heavy (non-hydrogen) atoms. The van der Waals surface area contributed by atoms with Gasteiger partial charge in [-0.3, -0.25) is 0 Å². The molecule has 1 aromatic carbocycles. The van der Waals surface area contributed by atoms with Crippen molar-refractivity contribution in [2.75, 3.05) is 13.1 Å². The molecule has 0 unspecified atom stereocenters. The van der Waals surface area contributed by atoms with Gasteiger partial charge in [-0.1, -0.05) is 37.5 Å². The second kappa shape index (κ2) is 6.34. The molecule has 5 heteroatoms. The number of benzene rings is 1. The lowest BCUT2D eigenvalue weighted by Crippen LogP contribution is -2.52. The van der Waals surface area contributed by atoms with E-state index in [1.807, 2.05) is 12.1 Å². The molecule has 2 fully saturated rings. The van der Waals surface area contributed by atoms with Crippen molar-refractivity contribution in [2.45, 2.75) is 68.6 Å². The van der Waals surface area contributed by atoms with E-state index in [-0.39, 0.29) is 10.9 Å². The van der Waals surface area contributed by atoms with Crippen molar-refractivity contribution in [3.63, 3.8) is 0 Å². The molecule has 2 aliphatic heterocycles. The minimum atomic E-state index is -3.12. The van der Waals surface area contributed by atoms with Crippen molar-refractivity contribution in [1.29, 1.82) is 0 Å². The Kier molecular flexibility index (Phi) is 4.33. The Morgan fingerprint density at radius 2 is 1.71 bits per heavy atom. The van der Waals surface area contributed by atoms with Gasteiger partial charge in [-0.05, 0) is 37.3 Å². The molecule has 0 radical (unpaired) electrons. The monoisotopic (exact) mass is 349 g/mol. The van der Waals surface area contributed by atoms with Crippen molar-refractivity contribution in [3.05, 3.63) is 29.8 Å². The fraction of sp³-hybridized carbons (Fsp3) is 0.684. The Morgan fingerprint density at radius 3 is 2.46 bits per heavy atom. The third kappa shape index (κ3) is 2.97. The van der Waals surface area contributed by atoms with E-state index in [0.29, 0.717) is 13.1 Å². The first-order valence-corrected chi connectivity index (χ1v) is 10.9. The van der Waals surface area contributed by atoms with Gasteiger partial charge >= 0.3 is 0 Å². The zero-order chi connectivity index (χ0) is 16.6. The van der Waals surface area contributed by atoms with Gasteiger partial charge in [-0.25, -0.2) is 12.7 Å². The third-order valence-corrected chi connectivity index (χ3v) is 8.51. The van der Waals surface area contributed by atoms with Gasteiger partial charge in [0.05, 0.1) is 5.25 Å². The molecule has 0 aromatic heterocycles. The van der Waals surface area contributed by atoms with Crippen LogP contribution in [0.15, 0.2) is 24.3 Å². The number of ether oxygens (including phenoxy) is 1. The topological polar surface area (TPSA) is 46.6 Å². The lowest BCUT2D eigenvalue weighted by molar-refractivity contribution is 0.00159. The van der Waals surface area contributed by atoms with Crippen molar-refractivity contribution in [2.24, 2.45) is 0 Å². The fourth-order valence-electron chi connectivity index (χ4n) is 4.53. The van der Waals surface area contributed by atoms with Crippen molar-refractivity contribution in [1.82, 2.24) is 4.31 Å². The van der Waals surface area contributed by atoms with E-state index in [1.54, 1.807) is 4.31 Å². The van der Waals surface area contributed by atoms with E-state index in [0.717, 1.165) is 57.1 Å². The highest BCUT2D eigenvalue weighted by Gasteiger charge is 2.43. The maximum atomic E-state index is 12.9. The number of fused-ring (bicyclic) bond motifs is 1. The van der Waals surface area contributed by atoms with E-state index >= 15 is 0 Å². The zero-order valence-corrected chi connectivity index (χ0v) is 15.1. The van der Waals surface area contributed by atoms with E-state index in [1.165, 1.54) is 12.0 Å². The van der Waals surface area contributed by atoms with Gasteiger partial charge < -0.3 is 4.74 Å². The first-order chi connectivity index (χ1) is 11.6. The SMILES string of the molecule is O=S(=O)(C1CCCCC1)N1CCC2(CCc3ccccc3O2)CC1. The highest BCUT2D eigenvalue weighted by molar-refractivity contribution is 7.89. The van der Waals surface area contributed by atoms with Gasteiger partial charge in [0, 0.05) is 25.9 Å². The number of rotatable bonds is 2. The zero-order valence-electron chi connectivity index (χ0n) is 14.2. The summed E-state index contributed by atoms with van der Waals surface area (Å²) in [6, 6.07) is 8.24. The summed E-state index contributed by atoms with van der Waals surface area (Å²) in [7, 11) is -3.12. The van der Waals surface area contributed by atoms with Gasteiger partial charge in [-0.2, -0.15) is 0 Å². The van der Waals surface area contributed by atoms with Crippen LogP contribution in [0.1, 0.15) is 56.9 Å². The molecule has 132 valence electrons. The quantitative estimate of drug-likeness (QED) is 0.821. The number of sulfonamides is 1. The second-order valence-electron chi connectivity index (χ2n) is 7.60. The third-order valence-electron chi connectivity index (χ3n) is 6.12. The van der Waals surface area contributed by atoms with Crippen LogP contribution in [0.2, 0.25) is 0 Å². The fourth-order valence-corrected chi connectivity index (χ4v) is 6.57. The smallest absolute Gasteiger partial charge is 0.216 e. The molecule has 0 amide bonds. The largest absolute Gasteiger partial charge is 0.487 e. The number of hydrogen-bond acceptors (Lipinski definition) is 3. The number of piperidine rings is 1. The lowest BCUT2D eigenvalue weighted by Gasteiger charge is -2.44. The first-order valence-electron chi connectivity index (χ1n) is 9.35. The standard InChI is InChI=1S/C19H27NO3S/c21-24(22,17-7-2-1-3-8-17)20-14-12-19(13-15-20)11-10-16-6-4-5-9-18(16)23-19/h4-6,9,17H,1-3,7-8,10-15H2. The number of hydrogen-bond donors (Lipinski definition) is 0. The summed E-state index contributed by atoms with van der Waals surface area (Å²) in [4.78, 5) is 0. The average Bonchev–Trinajstić information content (AvgIpc) is 2.63. The summed E-state index contributed by atoms with van der Waals surface area (Å²) in [6.07, 6.45) is 8.64. The van der Waals surface area contributed by atoms with Gasteiger partial charge in [0.2, 0.25) is 10.0 Å². The van der Waals surface area contributed by atoms with Crippen LogP contribution in [-0.2, 0) is 16.4 Å².